The molecule has 4 nitrogen and oxygen atoms in total. The highest BCUT2D eigenvalue weighted by Crippen LogP contribution is 2.19. The van der Waals surface area contributed by atoms with Gasteiger partial charge >= 0.3 is 0 Å². The zero-order valence-corrected chi connectivity index (χ0v) is 10.3. The number of nitrogens with two attached hydrogens (primary N) is 1. The van der Waals surface area contributed by atoms with Crippen LogP contribution in [0.15, 0.2) is 6.07 Å². The Labute approximate surface area is 96.9 Å². The summed E-state index contributed by atoms with van der Waals surface area (Å²) in [5.41, 5.74) is 8.13. The highest BCUT2D eigenvalue weighted by atomic mass is 15.3. The maximum Gasteiger partial charge on any atom is 0.225 e. The Balaban J connectivity index is 2.18. The fraction of sp³-hybridized carbons (Fsp3) is 0.667. The van der Waals surface area contributed by atoms with Gasteiger partial charge in [0.05, 0.1) is 0 Å². The Hall–Kier alpha value is -1.16. The first-order chi connectivity index (χ1) is 7.56. The summed E-state index contributed by atoms with van der Waals surface area (Å²) in [7, 11) is 0. The molecule has 2 atom stereocenters. The average molecular weight is 220 g/mol. The van der Waals surface area contributed by atoms with Crippen molar-refractivity contribution in [3.8, 4) is 0 Å². The molecule has 4 heteroatoms. The highest BCUT2D eigenvalue weighted by molar-refractivity contribution is 5.33. The molecule has 0 bridgehead atoms. The van der Waals surface area contributed by atoms with Crippen molar-refractivity contribution >= 4 is 5.95 Å². The molecule has 1 aliphatic heterocycles. The Morgan fingerprint density at radius 3 is 2.50 bits per heavy atom. The van der Waals surface area contributed by atoms with Gasteiger partial charge < -0.3 is 10.6 Å². The normalized spacial score (nSPS) is 25.9. The molecule has 1 saturated heterocycles. The van der Waals surface area contributed by atoms with Crippen molar-refractivity contribution in [1.29, 1.82) is 0 Å². The average Bonchev–Trinajstić information content (AvgIpc) is 2.20. The van der Waals surface area contributed by atoms with Crippen LogP contribution in [-0.4, -0.2) is 29.1 Å². The van der Waals surface area contributed by atoms with E-state index in [9.17, 15) is 0 Å². The predicted octanol–water partition coefficient (Wildman–Crippen LogP) is 1.27. The lowest BCUT2D eigenvalue weighted by molar-refractivity contribution is 0.376. The topological polar surface area (TPSA) is 55.0 Å². The molecule has 16 heavy (non-hydrogen) atoms. The van der Waals surface area contributed by atoms with Gasteiger partial charge in [-0.25, -0.2) is 9.97 Å². The molecule has 0 amide bonds. The van der Waals surface area contributed by atoms with E-state index >= 15 is 0 Å². The number of hydrogen-bond acceptors (Lipinski definition) is 4. The van der Waals surface area contributed by atoms with Gasteiger partial charge in [0, 0.05) is 30.5 Å². The summed E-state index contributed by atoms with van der Waals surface area (Å²) in [6.07, 6.45) is 1.12. The third kappa shape index (κ3) is 2.32. The SMILES string of the molecule is Cc1cc(C)nc(N2CCC(C)C(N)C2)n1. The lowest BCUT2D eigenvalue weighted by Crippen LogP contribution is -2.48. The molecule has 2 unspecified atom stereocenters. The lowest BCUT2D eigenvalue weighted by atomic mass is 9.94. The zero-order valence-electron chi connectivity index (χ0n) is 10.3. The van der Waals surface area contributed by atoms with Gasteiger partial charge in [-0.1, -0.05) is 6.92 Å². The van der Waals surface area contributed by atoms with Crippen LogP contribution in [0.3, 0.4) is 0 Å². The van der Waals surface area contributed by atoms with Gasteiger partial charge in [-0.05, 0) is 32.3 Å². The van der Waals surface area contributed by atoms with Crippen molar-refractivity contribution < 1.29 is 0 Å². The van der Waals surface area contributed by atoms with Crippen LogP contribution in [0.25, 0.3) is 0 Å². The molecule has 0 radical (unpaired) electrons. The van der Waals surface area contributed by atoms with E-state index < -0.39 is 0 Å². The van der Waals surface area contributed by atoms with E-state index in [2.05, 4.69) is 21.8 Å². The van der Waals surface area contributed by atoms with E-state index in [0.29, 0.717) is 5.92 Å². The van der Waals surface area contributed by atoms with Gasteiger partial charge in [-0.2, -0.15) is 0 Å². The first kappa shape index (κ1) is 11.3. The van der Waals surface area contributed by atoms with E-state index in [0.717, 1.165) is 36.8 Å². The Bertz CT molecular complexity index is 357. The monoisotopic (exact) mass is 220 g/mol. The third-order valence-corrected chi connectivity index (χ3v) is 3.27. The molecule has 0 aromatic carbocycles. The first-order valence-corrected chi connectivity index (χ1v) is 5.89. The molecule has 1 aromatic heterocycles. The van der Waals surface area contributed by atoms with Crippen LogP contribution in [0.4, 0.5) is 5.95 Å². The Kier molecular flexibility index (Phi) is 3.10. The number of aromatic nitrogens is 2. The van der Waals surface area contributed by atoms with Crippen LogP contribution in [0.5, 0.6) is 0 Å². The summed E-state index contributed by atoms with van der Waals surface area (Å²) >= 11 is 0. The molecule has 0 spiro atoms. The maximum absolute atomic E-state index is 6.08. The van der Waals surface area contributed by atoms with Gasteiger partial charge in [0.1, 0.15) is 0 Å². The fourth-order valence-corrected chi connectivity index (χ4v) is 2.13. The van der Waals surface area contributed by atoms with E-state index in [1.54, 1.807) is 0 Å². The second-order valence-electron chi connectivity index (χ2n) is 4.83. The van der Waals surface area contributed by atoms with E-state index in [4.69, 9.17) is 5.73 Å². The van der Waals surface area contributed by atoms with E-state index in [-0.39, 0.29) is 6.04 Å². The van der Waals surface area contributed by atoms with Crippen LogP contribution in [0.2, 0.25) is 0 Å². The number of anilines is 1. The van der Waals surface area contributed by atoms with Crippen molar-refractivity contribution in [2.24, 2.45) is 11.7 Å². The lowest BCUT2D eigenvalue weighted by Gasteiger charge is -2.35. The standard InChI is InChI=1S/C12H20N4/c1-8-4-5-16(7-11(8)13)12-14-9(2)6-10(3)15-12/h6,8,11H,4-5,7,13H2,1-3H3. The number of rotatable bonds is 1. The molecule has 1 aromatic rings. The van der Waals surface area contributed by atoms with Crippen LogP contribution >= 0.6 is 0 Å². The first-order valence-electron chi connectivity index (χ1n) is 5.89. The van der Waals surface area contributed by atoms with E-state index in [1.807, 2.05) is 19.9 Å². The molecule has 88 valence electrons. The van der Waals surface area contributed by atoms with Gasteiger partial charge in [-0.3, -0.25) is 0 Å². The van der Waals surface area contributed by atoms with Crippen molar-refractivity contribution in [2.75, 3.05) is 18.0 Å². The second-order valence-corrected chi connectivity index (χ2v) is 4.83. The summed E-state index contributed by atoms with van der Waals surface area (Å²) in [6.45, 7) is 8.10. The minimum atomic E-state index is 0.234. The minimum Gasteiger partial charge on any atom is -0.339 e. The van der Waals surface area contributed by atoms with Crippen molar-refractivity contribution in [3.63, 3.8) is 0 Å². The van der Waals surface area contributed by atoms with Crippen LogP contribution in [0, 0.1) is 19.8 Å². The fourth-order valence-electron chi connectivity index (χ4n) is 2.13. The molecule has 2 rings (SSSR count). The van der Waals surface area contributed by atoms with Crippen molar-refractivity contribution in [3.05, 3.63) is 17.5 Å². The Morgan fingerprint density at radius 1 is 1.31 bits per heavy atom. The quantitative estimate of drug-likeness (QED) is 0.774. The molecule has 1 aliphatic rings. The van der Waals surface area contributed by atoms with Crippen molar-refractivity contribution in [1.82, 2.24) is 9.97 Å². The number of nitrogens with zero attached hydrogens (tertiary/aromatic N) is 3. The minimum absolute atomic E-state index is 0.234. The summed E-state index contributed by atoms with van der Waals surface area (Å²) in [4.78, 5) is 11.2. The summed E-state index contributed by atoms with van der Waals surface area (Å²) in [5.74, 6) is 1.43. The number of aryl methyl sites for hydroxylation is 2. The maximum atomic E-state index is 6.08. The van der Waals surface area contributed by atoms with Gasteiger partial charge in [0.2, 0.25) is 5.95 Å². The molecule has 2 heterocycles. The second kappa shape index (κ2) is 4.37. The van der Waals surface area contributed by atoms with Gasteiger partial charge in [0.25, 0.3) is 0 Å². The van der Waals surface area contributed by atoms with Crippen molar-refractivity contribution in [2.45, 2.75) is 33.2 Å². The highest BCUT2D eigenvalue weighted by Gasteiger charge is 2.24. The van der Waals surface area contributed by atoms with Crippen LogP contribution < -0.4 is 10.6 Å². The van der Waals surface area contributed by atoms with Crippen LogP contribution in [-0.2, 0) is 0 Å². The molecular formula is C12H20N4. The number of piperidine rings is 1. The van der Waals surface area contributed by atoms with Gasteiger partial charge in [0.15, 0.2) is 0 Å². The smallest absolute Gasteiger partial charge is 0.225 e. The summed E-state index contributed by atoms with van der Waals surface area (Å²) < 4.78 is 0. The zero-order chi connectivity index (χ0) is 11.7. The molecule has 0 saturated carbocycles. The largest absolute Gasteiger partial charge is 0.339 e. The molecular weight excluding hydrogens is 200 g/mol. The predicted molar refractivity (Wildman–Crippen MR) is 65.5 cm³/mol. The Morgan fingerprint density at radius 2 is 1.94 bits per heavy atom. The molecule has 2 N–H and O–H groups in total. The molecule has 0 aliphatic carbocycles. The van der Waals surface area contributed by atoms with Crippen LogP contribution in [0.1, 0.15) is 24.7 Å². The number of hydrogen-bond donors (Lipinski definition) is 1. The van der Waals surface area contributed by atoms with Gasteiger partial charge in [-0.15, -0.1) is 0 Å². The summed E-state index contributed by atoms with van der Waals surface area (Å²) in [6, 6.07) is 2.23. The third-order valence-electron chi connectivity index (χ3n) is 3.27. The molecule has 1 fully saturated rings. The van der Waals surface area contributed by atoms with E-state index in [1.165, 1.54) is 0 Å². The summed E-state index contributed by atoms with van der Waals surface area (Å²) in [5, 5.41) is 0.